The molecule has 1 aliphatic heterocycles. The van der Waals surface area contributed by atoms with E-state index in [0.717, 1.165) is 37.2 Å². The van der Waals surface area contributed by atoms with Gasteiger partial charge >= 0.3 is 12.1 Å². The Balaban J connectivity index is 2.27. The molecule has 138 valence electrons. The van der Waals surface area contributed by atoms with Crippen LogP contribution < -0.4 is 10.1 Å². The van der Waals surface area contributed by atoms with Gasteiger partial charge in [0.15, 0.2) is 5.17 Å². The zero-order valence-corrected chi connectivity index (χ0v) is 14.3. The highest BCUT2D eigenvalue weighted by Gasteiger charge is 2.34. The van der Waals surface area contributed by atoms with Crippen LogP contribution in [-0.4, -0.2) is 37.5 Å². The van der Waals surface area contributed by atoms with Crippen LogP contribution >= 0.6 is 11.8 Å². The summed E-state index contributed by atoms with van der Waals surface area (Å²) in [6.45, 7) is 0. The Bertz CT molecular complexity index is 819. The highest BCUT2D eigenvalue weighted by atomic mass is 32.2. The number of amidine groups is 1. The Labute approximate surface area is 150 Å². The van der Waals surface area contributed by atoms with Crippen molar-refractivity contribution in [2.24, 2.45) is 10.2 Å². The molecule has 26 heavy (non-hydrogen) atoms. The van der Waals surface area contributed by atoms with E-state index in [1.54, 1.807) is 0 Å². The molecule has 1 fully saturated rings. The molecule has 0 spiro atoms. The molecule has 0 atom stereocenters. The molecule has 11 heteroatoms. The lowest BCUT2D eigenvalue weighted by Crippen LogP contribution is -2.19. The summed E-state index contributed by atoms with van der Waals surface area (Å²) >= 11 is 0.800. The normalized spacial score (nSPS) is 17.8. The second kappa shape index (κ2) is 8.04. The number of rotatable bonds is 4. The molecule has 0 bridgehead atoms. The van der Waals surface area contributed by atoms with Crippen LogP contribution in [0.5, 0.6) is 5.75 Å². The van der Waals surface area contributed by atoms with E-state index in [1.807, 2.05) is 0 Å². The van der Waals surface area contributed by atoms with Crippen molar-refractivity contribution in [2.75, 3.05) is 14.2 Å². The molecule has 1 heterocycles. The maximum atomic E-state index is 13.1. The number of amides is 1. The Kier molecular flexibility index (Phi) is 6.03. The molecule has 0 saturated carbocycles. The summed E-state index contributed by atoms with van der Waals surface area (Å²) in [7, 11) is 2.39. The van der Waals surface area contributed by atoms with Crippen molar-refractivity contribution in [1.29, 1.82) is 0 Å². The molecule has 2 rings (SSSR count). The Morgan fingerprint density at radius 1 is 1.31 bits per heavy atom. The number of carbonyl (C=O) groups excluding carboxylic acids is 2. The summed E-state index contributed by atoms with van der Waals surface area (Å²) in [6.07, 6.45) is -2.76. The van der Waals surface area contributed by atoms with Crippen LogP contribution in [0, 0.1) is 0 Å². The average molecular weight is 387 g/mol. The summed E-state index contributed by atoms with van der Waals surface area (Å²) in [6, 6.07) is 3.45. The van der Waals surface area contributed by atoms with Gasteiger partial charge in [0.2, 0.25) is 0 Å². The first-order valence-electron chi connectivity index (χ1n) is 6.90. The number of thioether (sulfide) groups is 1. The van der Waals surface area contributed by atoms with Crippen LogP contribution in [0.2, 0.25) is 0 Å². The lowest BCUT2D eigenvalue weighted by atomic mass is 10.1. The number of methoxy groups -OCH3 is 2. The van der Waals surface area contributed by atoms with Crippen LogP contribution in [0.3, 0.4) is 0 Å². The number of nitrogens with zero attached hydrogens (tertiary/aromatic N) is 2. The van der Waals surface area contributed by atoms with Crippen molar-refractivity contribution < 1.29 is 32.2 Å². The van der Waals surface area contributed by atoms with Gasteiger partial charge in [0, 0.05) is 11.6 Å². The van der Waals surface area contributed by atoms with Crippen LogP contribution in [-0.2, 0) is 20.5 Å². The Morgan fingerprint density at radius 2 is 2.04 bits per heavy atom. The molecular weight excluding hydrogens is 375 g/mol. The van der Waals surface area contributed by atoms with Gasteiger partial charge in [0.1, 0.15) is 5.75 Å². The standard InChI is InChI=1S/C15H12F3N3O4S/c1-24-10-5-3-4-9(15(16,17)18)8(10)7-19-21-14-20-13(23)11(26-14)6-12(22)25-2/h3-7H,1-2H3,(H,20,21,23)/b11-6+,19-7?. The molecule has 1 saturated heterocycles. The van der Waals surface area contributed by atoms with Crippen LogP contribution in [0.4, 0.5) is 13.2 Å². The molecule has 0 unspecified atom stereocenters. The van der Waals surface area contributed by atoms with E-state index < -0.39 is 23.6 Å². The van der Waals surface area contributed by atoms with Crippen molar-refractivity contribution in [3.8, 4) is 5.75 Å². The highest BCUT2D eigenvalue weighted by Crippen LogP contribution is 2.35. The molecule has 1 N–H and O–H groups in total. The minimum absolute atomic E-state index is 0.00450. The molecule has 1 amide bonds. The number of halogens is 3. The molecular formula is C15H12F3N3O4S. The van der Waals surface area contributed by atoms with Gasteiger partial charge in [-0.05, 0) is 23.9 Å². The van der Waals surface area contributed by atoms with Gasteiger partial charge in [0.25, 0.3) is 5.91 Å². The Morgan fingerprint density at radius 3 is 2.65 bits per heavy atom. The summed E-state index contributed by atoms with van der Waals surface area (Å²) in [5.41, 5.74) is -1.23. The lowest BCUT2D eigenvalue weighted by molar-refractivity contribution is -0.138. The van der Waals surface area contributed by atoms with E-state index in [1.165, 1.54) is 19.2 Å². The lowest BCUT2D eigenvalue weighted by Gasteiger charge is -2.12. The van der Waals surface area contributed by atoms with Gasteiger partial charge in [-0.25, -0.2) is 4.79 Å². The number of esters is 1. The maximum Gasteiger partial charge on any atom is 0.417 e. The van der Waals surface area contributed by atoms with Crippen LogP contribution in [0.15, 0.2) is 39.4 Å². The molecule has 0 aromatic heterocycles. The molecule has 1 aromatic carbocycles. The number of nitrogens with one attached hydrogen (secondary N) is 1. The molecule has 7 nitrogen and oxygen atoms in total. The summed E-state index contributed by atoms with van der Waals surface area (Å²) < 4.78 is 48.6. The quantitative estimate of drug-likeness (QED) is 0.371. The van der Waals surface area contributed by atoms with E-state index in [2.05, 4.69) is 20.3 Å². The molecule has 1 aliphatic rings. The first kappa shape index (κ1) is 19.5. The smallest absolute Gasteiger partial charge is 0.417 e. The third-order valence-electron chi connectivity index (χ3n) is 3.03. The van der Waals surface area contributed by atoms with Crippen LogP contribution in [0.25, 0.3) is 0 Å². The second-order valence-corrected chi connectivity index (χ2v) is 5.69. The van der Waals surface area contributed by atoms with Crippen molar-refractivity contribution in [2.45, 2.75) is 6.18 Å². The summed E-state index contributed by atoms with van der Waals surface area (Å²) in [4.78, 5) is 22.8. The monoisotopic (exact) mass is 387 g/mol. The van der Waals surface area contributed by atoms with Gasteiger partial charge in [0.05, 0.1) is 30.9 Å². The van der Waals surface area contributed by atoms with Crippen molar-refractivity contribution >= 4 is 35.0 Å². The first-order valence-corrected chi connectivity index (χ1v) is 7.72. The predicted octanol–water partition coefficient (Wildman–Crippen LogP) is 2.32. The SMILES string of the molecule is COC(=O)/C=C1/S/C(=N\N=Cc2c(OC)cccc2C(F)(F)F)NC1=O. The highest BCUT2D eigenvalue weighted by molar-refractivity contribution is 8.18. The second-order valence-electron chi connectivity index (χ2n) is 4.66. The van der Waals surface area contributed by atoms with E-state index in [-0.39, 0.29) is 21.4 Å². The van der Waals surface area contributed by atoms with E-state index in [9.17, 15) is 22.8 Å². The van der Waals surface area contributed by atoms with Gasteiger partial charge in [-0.1, -0.05) is 6.07 Å². The molecule has 1 aromatic rings. The third kappa shape index (κ3) is 4.63. The Hall–Kier alpha value is -2.82. The summed E-state index contributed by atoms with van der Waals surface area (Å²) in [5, 5.41) is 9.56. The van der Waals surface area contributed by atoms with Crippen molar-refractivity contribution in [3.63, 3.8) is 0 Å². The number of hydrogen-bond acceptors (Lipinski definition) is 7. The fourth-order valence-electron chi connectivity index (χ4n) is 1.88. The van der Waals surface area contributed by atoms with Gasteiger partial charge in [-0.2, -0.15) is 18.3 Å². The predicted molar refractivity (Wildman–Crippen MR) is 88.9 cm³/mol. The zero-order chi connectivity index (χ0) is 19.3. The fourth-order valence-corrected chi connectivity index (χ4v) is 2.62. The van der Waals surface area contributed by atoms with Crippen molar-refractivity contribution in [3.05, 3.63) is 40.3 Å². The number of ether oxygens (including phenoxy) is 2. The van der Waals surface area contributed by atoms with Crippen LogP contribution in [0.1, 0.15) is 11.1 Å². The zero-order valence-electron chi connectivity index (χ0n) is 13.5. The number of hydrogen-bond donors (Lipinski definition) is 1. The van der Waals surface area contributed by atoms with E-state index >= 15 is 0 Å². The molecule has 0 aliphatic carbocycles. The van der Waals surface area contributed by atoms with Gasteiger partial charge < -0.3 is 9.47 Å². The number of alkyl halides is 3. The van der Waals surface area contributed by atoms with Crippen molar-refractivity contribution in [1.82, 2.24) is 5.32 Å². The number of benzene rings is 1. The fraction of sp³-hybridized carbons (Fsp3) is 0.200. The minimum Gasteiger partial charge on any atom is -0.496 e. The largest absolute Gasteiger partial charge is 0.496 e. The minimum atomic E-state index is -4.60. The average Bonchev–Trinajstić information content (AvgIpc) is 2.93. The first-order chi connectivity index (χ1) is 12.3. The van der Waals surface area contributed by atoms with E-state index in [4.69, 9.17) is 4.74 Å². The molecule has 0 radical (unpaired) electrons. The van der Waals surface area contributed by atoms with E-state index in [0.29, 0.717) is 0 Å². The third-order valence-corrected chi connectivity index (χ3v) is 3.93. The number of carbonyl (C=O) groups is 2. The van der Waals surface area contributed by atoms with Gasteiger partial charge in [-0.3, -0.25) is 10.1 Å². The topological polar surface area (TPSA) is 89.3 Å². The van der Waals surface area contributed by atoms with Gasteiger partial charge in [-0.15, -0.1) is 5.10 Å². The summed E-state index contributed by atoms with van der Waals surface area (Å²) in [5.74, 6) is -1.35. The maximum absolute atomic E-state index is 13.1.